The van der Waals surface area contributed by atoms with E-state index < -0.39 is 0 Å². The Morgan fingerprint density at radius 3 is 2.75 bits per heavy atom. The molecule has 0 spiro atoms. The standard InChI is InChI=1S/C16H15N3O/c17-16-7-2-1-6-15(16)13-9-18-19(11-13)10-12-4-3-5-14(20)8-12/h1-9,11,20H,10,17H2. The van der Waals surface area contributed by atoms with E-state index in [4.69, 9.17) is 5.73 Å². The lowest BCUT2D eigenvalue weighted by Gasteiger charge is -2.03. The second-order valence-electron chi connectivity index (χ2n) is 4.68. The number of aromatic nitrogens is 2. The van der Waals surface area contributed by atoms with Crippen LogP contribution in [0.1, 0.15) is 5.56 Å². The molecule has 0 aliphatic heterocycles. The van der Waals surface area contributed by atoms with E-state index in [1.807, 2.05) is 47.3 Å². The lowest BCUT2D eigenvalue weighted by Crippen LogP contribution is -1.99. The van der Waals surface area contributed by atoms with Gasteiger partial charge in [0.1, 0.15) is 5.75 Å². The zero-order valence-electron chi connectivity index (χ0n) is 10.9. The SMILES string of the molecule is Nc1ccccc1-c1cnn(Cc2cccc(O)c2)c1. The minimum atomic E-state index is 0.266. The fourth-order valence-electron chi connectivity index (χ4n) is 2.19. The molecule has 1 aromatic heterocycles. The summed E-state index contributed by atoms with van der Waals surface area (Å²) in [5, 5.41) is 13.8. The number of phenols is 1. The molecule has 2 aromatic carbocycles. The minimum absolute atomic E-state index is 0.266. The largest absolute Gasteiger partial charge is 0.508 e. The van der Waals surface area contributed by atoms with E-state index in [9.17, 15) is 5.11 Å². The number of nitrogens with zero attached hydrogens (tertiary/aromatic N) is 2. The van der Waals surface area contributed by atoms with E-state index >= 15 is 0 Å². The van der Waals surface area contributed by atoms with Crippen molar-refractivity contribution in [1.29, 1.82) is 0 Å². The maximum absolute atomic E-state index is 9.46. The Morgan fingerprint density at radius 1 is 1.10 bits per heavy atom. The topological polar surface area (TPSA) is 64.1 Å². The second-order valence-corrected chi connectivity index (χ2v) is 4.68. The molecule has 4 nitrogen and oxygen atoms in total. The molecule has 1 heterocycles. The van der Waals surface area contributed by atoms with Crippen LogP contribution in [0.4, 0.5) is 5.69 Å². The molecule has 3 rings (SSSR count). The van der Waals surface area contributed by atoms with Crippen molar-refractivity contribution >= 4 is 5.69 Å². The van der Waals surface area contributed by atoms with Crippen molar-refractivity contribution in [2.75, 3.05) is 5.73 Å². The van der Waals surface area contributed by atoms with Crippen molar-refractivity contribution in [2.45, 2.75) is 6.54 Å². The maximum atomic E-state index is 9.46. The summed E-state index contributed by atoms with van der Waals surface area (Å²) in [5.41, 5.74) is 9.68. The van der Waals surface area contributed by atoms with Gasteiger partial charge in [0.2, 0.25) is 0 Å². The van der Waals surface area contributed by atoms with Crippen LogP contribution in [0.5, 0.6) is 5.75 Å². The fraction of sp³-hybridized carbons (Fsp3) is 0.0625. The summed E-state index contributed by atoms with van der Waals surface area (Å²) < 4.78 is 1.83. The molecule has 0 aliphatic rings. The van der Waals surface area contributed by atoms with Gasteiger partial charge in [0.05, 0.1) is 12.7 Å². The van der Waals surface area contributed by atoms with Crippen LogP contribution in [0.2, 0.25) is 0 Å². The van der Waals surface area contributed by atoms with Gasteiger partial charge < -0.3 is 10.8 Å². The molecule has 0 amide bonds. The number of benzene rings is 2. The van der Waals surface area contributed by atoms with Crippen molar-refractivity contribution in [3.8, 4) is 16.9 Å². The Bertz CT molecular complexity index is 734. The first-order valence-corrected chi connectivity index (χ1v) is 6.37. The first-order chi connectivity index (χ1) is 9.72. The number of nitrogen functional groups attached to an aromatic ring is 1. The summed E-state index contributed by atoms with van der Waals surface area (Å²) in [6, 6.07) is 14.9. The zero-order valence-corrected chi connectivity index (χ0v) is 10.9. The monoisotopic (exact) mass is 265 g/mol. The van der Waals surface area contributed by atoms with E-state index in [1.165, 1.54) is 0 Å². The normalized spacial score (nSPS) is 10.6. The van der Waals surface area contributed by atoms with Gasteiger partial charge >= 0.3 is 0 Å². The maximum Gasteiger partial charge on any atom is 0.115 e. The molecule has 4 heteroatoms. The highest BCUT2D eigenvalue weighted by Gasteiger charge is 2.05. The number of aromatic hydroxyl groups is 1. The molecular weight excluding hydrogens is 250 g/mol. The molecule has 0 bridgehead atoms. The lowest BCUT2D eigenvalue weighted by molar-refractivity contribution is 0.474. The molecule has 0 saturated carbocycles. The number of anilines is 1. The second kappa shape index (κ2) is 5.09. The van der Waals surface area contributed by atoms with Crippen molar-refractivity contribution < 1.29 is 5.11 Å². The van der Waals surface area contributed by atoms with Gasteiger partial charge in [0, 0.05) is 23.0 Å². The number of hydrogen-bond donors (Lipinski definition) is 2. The van der Waals surface area contributed by atoms with E-state index in [1.54, 1.807) is 18.3 Å². The predicted molar refractivity (Wildman–Crippen MR) is 79.3 cm³/mol. The van der Waals surface area contributed by atoms with Crippen molar-refractivity contribution in [3.63, 3.8) is 0 Å². The summed E-state index contributed by atoms with van der Waals surface area (Å²) in [7, 11) is 0. The molecule has 0 atom stereocenters. The van der Waals surface area contributed by atoms with Crippen LogP contribution >= 0.6 is 0 Å². The summed E-state index contributed by atoms with van der Waals surface area (Å²) >= 11 is 0. The van der Waals surface area contributed by atoms with Crippen LogP contribution in [-0.2, 0) is 6.54 Å². The lowest BCUT2D eigenvalue weighted by atomic mass is 10.1. The minimum Gasteiger partial charge on any atom is -0.508 e. The van der Waals surface area contributed by atoms with E-state index in [0.29, 0.717) is 6.54 Å². The van der Waals surface area contributed by atoms with E-state index in [2.05, 4.69) is 5.10 Å². The number of hydrogen-bond acceptors (Lipinski definition) is 3. The van der Waals surface area contributed by atoms with Gasteiger partial charge in [-0.1, -0.05) is 30.3 Å². The van der Waals surface area contributed by atoms with E-state index in [0.717, 1.165) is 22.4 Å². The van der Waals surface area contributed by atoms with Gasteiger partial charge in [-0.05, 0) is 23.8 Å². The molecule has 0 unspecified atom stereocenters. The van der Waals surface area contributed by atoms with Gasteiger partial charge in [-0.25, -0.2) is 0 Å². The summed E-state index contributed by atoms with van der Waals surface area (Å²) in [4.78, 5) is 0. The molecule has 3 N–H and O–H groups in total. The first kappa shape index (κ1) is 12.3. The Hall–Kier alpha value is -2.75. The summed E-state index contributed by atoms with van der Waals surface area (Å²) in [6.45, 7) is 0.612. The quantitative estimate of drug-likeness (QED) is 0.716. The van der Waals surface area contributed by atoms with Crippen molar-refractivity contribution in [3.05, 3.63) is 66.5 Å². The highest BCUT2D eigenvalue weighted by Crippen LogP contribution is 2.25. The molecule has 0 saturated heterocycles. The molecule has 0 fully saturated rings. The van der Waals surface area contributed by atoms with E-state index in [-0.39, 0.29) is 5.75 Å². The Kier molecular flexibility index (Phi) is 3.13. The average molecular weight is 265 g/mol. The third-order valence-corrected chi connectivity index (χ3v) is 3.16. The molecule has 3 aromatic rings. The number of nitrogens with two attached hydrogens (primary N) is 1. The van der Waals surface area contributed by atoms with Crippen LogP contribution in [0, 0.1) is 0 Å². The predicted octanol–water partition coefficient (Wildman–Crippen LogP) is 2.89. The molecule has 0 radical (unpaired) electrons. The number of rotatable bonds is 3. The van der Waals surface area contributed by atoms with Crippen LogP contribution in [0.15, 0.2) is 60.9 Å². The van der Waals surface area contributed by atoms with Gasteiger partial charge in [0.25, 0.3) is 0 Å². The highest BCUT2D eigenvalue weighted by atomic mass is 16.3. The number of phenolic OH excluding ortho intramolecular Hbond substituents is 1. The fourth-order valence-corrected chi connectivity index (χ4v) is 2.19. The molecule has 0 aliphatic carbocycles. The third-order valence-electron chi connectivity index (χ3n) is 3.16. The Morgan fingerprint density at radius 2 is 1.95 bits per heavy atom. The van der Waals surface area contributed by atoms with Gasteiger partial charge in [-0.2, -0.15) is 5.10 Å². The van der Waals surface area contributed by atoms with Crippen LogP contribution in [-0.4, -0.2) is 14.9 Å². The van der Waals surface area contributed by atoms with Crippen LogP contribution in [0.3, 0.4) is 0 Å². The summed E-state index contributed by atoms with van der Waals surface area (Å²) in [6.07, 6.45) is 3.75. The first-order valence-electron chi connectivity index (χ1n) is 6.37. The number of para-hydroxylation sites is 1. The smallest absolute Gasteiger partial charge is 0.115 e. The summed E-state index contributed by atoms with van der Waals surface area (Å²) in [5.74, 6) is 0.266. The van der Waals surface area contributed by atoms with Gasteiger partial charge in [-0.15, -0.1) is 0 Å². The average Bonchev–Trinajstić information content (AvgIpc) is 2.87. The van der Waals surface area contributed by atoms with Crippen LogP contribution < -0.4 is 5.73 Å². The molecule has 100 valence electrons. The molecule has 20 heavy (non-hydrogen) atoms. The highest BCUT2D eigenvalue weighted by molar-refractivity contribution is 5.75. The molecular formula is C16H15N3O. The van der Waals surface area contributed by atoms with Crippen LogP contribution in [0.25, 0.3) is 11.1 Å². The Balaban J connectivity index is 1.86. The van der Waals surface area contributed by atoms with Gasteiger partial charge in [0.15, 0.2) is 0 Å². The van der Waals surface area contributed by atoms with Gasteiger partial charge in [-0.3, -0.25) is 4.68 Å². The van der Waals surface area contributed by atoms with Crippen molar-refractivity contribution in [2.24, 2.45) is 0 Å². The Labute approximate surface area is 117 Å². The zero-order chi connectivity index (χ0) is 13.9. The third kappa shape index (κ3) is 2.49. The van der Waals surface area contributed by atoms with Crippen molar-refractivity contribution in [1.82, 2.24) is 9.78 Å².